The number of aliphatic imine (C=N–C) groups is 2. The molecule has 0 bridgehead atoms. The maximum absolute atomic E-state index is 12.3. The van der Waals surface area contributed by atoms with Crippen molar-refractivity contribution in [2.45, 2.75) is 32.4 Å². The summed E-state index contributed by atoms with van der Waals surface area (Å²) in [6.07, 6.45) is 4.93. The van der Waals surface area contributed by atoms with Gasteiger partial charge >= 0.3 is 0 Å². The number of hydrogen-bond acceptors (Lipinski definition) is 8. The lowest BCUT2D eigenvalue weighted by Gasteiger charge is -2.36. The zero-order chi connectivity index (χ0) is 23.0. The number of carbonyl (C=O) groups is 1. The van der Waals surface area contributed by atoms with E-state index in [0.717, 1.165) is 18.4 Å². The minimum atomic E-state index is -0.706. The number of nitrogens with zero attached hydrogens (tertiary/aromatic N) is 3. The van der Waals surface area contributed by atoms with Crippen LogP contribution in [-0.4, -0.2) is 41.6 Å². The number of carbonyl (C=O) groups excluding carboxylic acids is 1. The molecule has 1 aliphatic heterocycles. The van der Waals surface area contributed by atoms with Crippen LogP contribution < -0.4 is 16.2 Å². The van der Waals surface area contributed by atoms with Crippen molar-refractivity contribution in [3.8, 4) is 5.75 Å². The number of nitrogens with two attached hydrogens (primary N) is 2. The van der Waals surface area contributed by atoms with Crippen LogP contribution in [0.15, 0.2) is 70.7 Å². The van der Waals surface area contributed by atoms with Gasteiger partial charge in [0.15, 0.2) is 11.4 Å². The molecule has 2 aromatic rings. The molecule has 0 aromatic heterocycles. The smallest absolute Gasteiger partial charge is 0.226 e. The van der Waals surface area contributed by atoms with E-state index < -0.39 is 5.66 Å². The van der Waals surface area contributed by atoms with Crippen LogP contribution in [0.2, 0.25) is 0 Å². The van der Waals surface area contributed by atoms with Gasteiger partial charge in [-0.15, -0.1) is 0 Å². The van der Waals surface area contributed by atoms with Crippen LogP contribution in [0.3, 0.4) is 0 Å². The van der Waals surface area contributed by atoms with Gasteiger partial charge in [0.1, 0.15) is 5.75 Å². The summed E-state index contributed by atoms with van der Waals surface area (Å²) in [4.78, 5) is 26.2. The van der Waals surface area contributed by atoms with Gasteiger partial charge in [0.05, 0.1) is 13.2 Å². The van der Waals surface area contributed by atoms with Gasteiger partial charge in [-0.25, -0.2) is 4.99 Å². The highest BCUT2D eigenvalue weighted by molar-refractivity contribution is 6.06. The quantitative estimate of drug-likeness (QED) is 0.336. The third-order valence-corrected chi connectivity index (χ3v) is 4.72. The van der Waals surface area contributed by atoms with E-state index in [1.54, 1.807) is 36.4 Å². The molecular formula is C24H29N5O3. The number of allylic oxidation sites excluding steroid dienone is 1. The van der Waals surface area contributed by atoms with Crippen molar-refractivity contribution in [2.75, 3.05) is 13.2 Å². The second kappa shape index (κ2) is 10.6. The number of hydroxylamine groups is 2. The van der Waals surface area contributed by atoms with Gasteiger partial charge in [0, 0.05) is 5.56 Å². The topological polar surface area (TPSA) is 116 Å². The van der Waals surface area contributed by atoms with Gasteiger partial charge < -0.3 is 16.2 Å². The van der Waals surface area contributed by atoms with Gasteiger partial charge in [-0.3, -0.25) is 9.63 Å². The SMILES string of the molecule is CC1(C)N=C(N)N=C(N)N1OCCCCOc1ccc(C(=O)C=Cc2ccccc2)cc1. The average molecular weight is 436 g/mol. The molecular weight excluding hydrogens is 406 g/mol. The maximum Gasteiger partial charge on any atom is 0.226 e. The van der Waals surface area contributed by atoms with E-state index in [2.05, 4.69) is 9.98 Å². The molecule has 32 heavy (non-hydrogen) atoms. The lowest BCUT2D eigenvalue weighted by atomic mass is 10.1. The number of benzene rings is 2. The Bertz CT molecular complexity index is 998. The fraction of sp³-hybridized carbons (Fsp3) is 0.292. The standard InChI is InChI=1S/C24H29N5O3/c1-24(2)28-22(25)27-23(26)29(24)32-17-7-6-16-31-20-13-11-19(12-14-20)21(30)15-10-18-8-4-3-5-9-18/h3-5,8-15H,6-7,16-17H2,1-2H3,(H4,25,26,27,28). The van der Waals surface area contributed by atoms with Crippen LogP contribution in [-0.2, 0) is 4.84 Å². The van der Waals surface area contributed by atoms with E-state index in [-0.39, 0.29) is 17.7 Å². The Labute approximate surface area is 188 Å². The minimum absolute atomic E-state index is 0.0490. The summed E-state index contributed by atoms with van der Waals surface area (Å²) in [5.74, 6) is 0.993. The normalized spacial score (nSPS) is 15.4. The molecule has 0 saturated heterocycles. The van der Waals surface area contributed by atoms with Crippen LogP contribution in [0.4, 0.5) is 0 Å². The Balaban J connectivity index is 1.37. The van der Waals surface area contributed by atoms with E-state index in [1.807, 2.05) is 44.2 Å². The fourth-order valence-corrected chi connectivity index (χ4v) is 3.12. The summed E-state index contributed by atoms with van der Waals surface area (Å²) >= 11 is 0. The van der Waals surface area contributed by atoms with Crippen molar-refractivity contribution >= 4 is 23.8 Å². The Kier molecular flexibility index (Phi) is 7.62. The molecule has 0 amide bonds. The fourth-order valence-electron chi connectivity index (χ4n) is 3.12. The van der Waals surface area contributed by atoms with Gasteiger partial charge in [-0.2, -0.15) is 10.1 Å². The first-order valence-electron chi connectivity index (χ1n) is 10.5. The van der Waals surface area contributed by atoms with E-state index in [4.69, 9.17) is 21.0 Å². The van der Waals surface area contributed by atoms with E-state index in [1.165, 1.54) is 5.06 Å². The van der Waals surface area contributed by atoms with Crippen LogP contribution in [0.1, 0.15) is 42.6 Å². The Morgan fingerprint density at radius 2 is 1.72 bits per heavy atom. The van der Waals surface area contributed by atoms with Crippen molar-refractivity contribution in [2.24, 2.45) is 21.5 Å². The molecule has 2 aromatic carbocycles. The lowest BCUT2D eigenvalue weighted by Crippen LogP contribution is -2.53. The van der Waals surface area contributed by atoms with E-state index in [9.17, 15) is 4.79 Å². The van der Waals surface area contributed by atoms with E-state index in [0.29, 0.717) is 24.5 Å². The molecule has 0 spiro atoms. The van der Waals surface area contributed by atoms with Crippen molar-refractivity contribution in [3.05, 3.63) is 71.8 Å². The molecule has 168 valence electrons. The summed E-state index contributed by atoms with van der Waals surface area (Å²) in [6.45, 7) is 4.66. The lowest BCUT2D eigenvalue weighted by molar-refractivity contribution is -0.157. The van der Waals surface area contributed by atoms with Crippen LogP contribution in [0.5, 0.6) is 5.75 Å². The first-order chi connectivity index (χ1) is 15.3. The van der Waals surface area contributed by atoms with Crippen molar-refractivity contribution in [3.63, 3.8) is 0 Å². The number of guanidine groups is 2. The predicted octanol–water partition coefficient (Wildman–Crippen LogP) is 3.35. The minimum Gasteiger partial charge on any atom is -0.494 e. The monoisotopic (exact) mass is 435 g/mol. The Hall–Kier alpha value is -3.65. The molecule has 8 nitrogen and oxygen atoms in total. The molecule has 0 radical (unpaired) electrons. The van der Waals surface area contributed by atoms with Gasteiger partial charge in [-0.1, -0.05) is 36.4 Å². The second-order valence-electron chi connectivity index (χ2n) is 7.75. The van der Waals surface area contributed by atoms with Crippen LogP contribution in [0.25, 0.3) is 6.08 Å². The Morgan fingerprint density at radius 3 is 2.41 bits per heavy atom. The number of ketones is 1. The molecule has 3 rings (SSSR count). The molecule has 1 aliphatic rings. The third-order valence-electron chi connectivity index (χ3n) is 4.72. The highest BCUT2D eigenvalue weighted by atomic mass is 16.7. The predicted molar refractivity (Wildman–Crippen MR) is 126 cm³/mol. The number of unbranched alkanes of at least 4 members (excludes halogenated alkanes) is 1. The average Bonchev–Trinajstić information content (AvgIpc) is 2.76. The van der Waals surface area contributed by atoms with Gasteiger partial charge in [0.25, 0.3) is 0 Å². The van der Waals surface area contributed by atoms with Crippen molar-refractivity contribution < 1.29 is 14.4 Å². The summed E-state index contributed by atoms with van der Waals surface area (Å²) in [7, 11) is 0. The summed E-state index contributed by atoms with van der Waals surface area (Å²) < 4.78 is 5.75. The molecule has 0 saturated carbocycles. The third kappa shape index (κ3) is 6.42. The number of hydrogen-bond donors (Lipinski definition) is 2. The largest absolute Gasteiger partial charge is 0.494 e. The summed E-state index contributed by atoms with van der Waals surface area (Å²) in [6, 6.07) is 16.8. The molecule has 0 atom stereocenters. The molecule has 8 heteroatoms. The molecule has 4 N–H and O–H groups in total. The van der Waals surface area contributed by atoms with E-state index >= 15 is 0 Å². The number of ether oxygens (including phenoxy) is 1. The molecule has 0 unspecified atom stereocenters. The summed E-state index contributed by atoms with van der Waals surface area (Å²) in [5.41, 5.74) is 12.4. The highest BCUT2D eigenvalue weighted by Gasteiger charge is 2.32. The van der Waals surface area contributed by atoms with Gasteiger partial charge in [0.2, 0.25) is 11.9 Å². The highest BCUT2D eigenvalue weighted by Crippen LogP contribution is 2.20. The van der Waals surface area contributed by atoms with Gasteiger partial charge in [-0.05, 0) is 62.6 Å². The van der Waals surface area contributed by atoms with Crippen LogP contribution in [0, 0.1) is 0 Å². The second-order valence-corrected chi connectivity index (χ2v) is 7.75. The zero-order valence-corrected chi connectivity index (χ0v) is 18.4. The van der Waals surface area contributed by atoms with Crippen molar-refractivity contribution in [1.29, 1.82) is 0 Å². The first kappa shape index (κ1) is 23.0. The molecule has 1 heterocycles. The summed E-state index contributed by atoms with van der Waals surface area (Å²) in [5, 5.41) is 1.46. The Morgan fingerprint density at radius 1 is 1.03 bits per heavy atom. The molecule has 0 aliphatic carbocycles. The van der Waals surface area contributed by atoms with Crippen molar-refractivity contribution in [1.82, 2.24) is 5.06 Å². The first-order valence-corrected chi connectivity index (χ1v) is 10.5. The number of rotatable bonds is 10. The maximum atomic E-state index is 12.3. The van der Waals surface area contributed by atoms with Crippen LogP contribution >= 0.6 is 0 Å². The molecule has 0 fully saturated rings. The zero-order valence-electron chi connectivity index (χ0n) is 18.4.